The molecule has 2 unspecified atom stereocenters. The molecule has 0 spiro atoms. The third-order valence-corrected chi connectivity index (χ3v) is 9.78. The maximum atomic E-state index is 13.8. The topological polar surface area (TPSA) is 118 Å². The van der Waals surface area contributed by atoms with E-state index in [1.807, 2.05) is 0 Å². The number of hydrogen-bond donors (Lipinski definition) is 1. The van der Waals surface area contributed by atoms with Gasteiger partial charge in [-0.3, -0.25) is 9.59 Å². The number of nitrogens with zero attached hydrogens (tertiary/aromatic N) is 2. The zero-order chi connectivity index (χ0) is 26.2. The van der Waals surface area contributed by atoms with E-state index >= 15 is 0 Å². The summed E-state index contributed by atoms with van der Waals surface area (Å²) >= 11 is 1.03. The largest absolute Gasteiger partial charge is 0.493 e. The van der Waals surface area contributed by atoms with Crippen LogP contribution in [0.5, 0.6) is 17.2 Å². The molecule has 3 aromatic rings. The van der Waals surface area contributed by atoms with Crippen LogP contribution in [0, 0.1) is 0 Å². The highest BCUT2D eigenvalue weighted by molar-refractivity contribution is 7.89. The minimum atomic E-state index is -3.95. The van der Waals surface area contributed by atoms with Crippen molar-refractivity contribution in [1.82, 2.24) is 14.2 Å². The second kappa shape index (κ2) is 10.3. The Hall–Kier alpha value is -3.09. The number of carbonyl (C=O) groups is 1. The van der Waals surface area contributed by atoms with E-state index in [2.05, 4.69) is 4.98 Å². The third-order valence-electron chi connectivity index (χ3n) is 6.96. The van der Waals surface area contributed by atoms with E-state index in [1.165, 1.54) is 16.4 Å². The van der Waals surface area contributed by atoms with E-state index in [4.69, 9.17) is 14.2 Å². The zero-order valence-electron chi connectivity index (χ0n) is 20.6. The fourth-order valence-corrected chi connectivity index (χ4v) is 7.77. The van der Waals surface area contributed by atoms with Crippen molar-refractivity contribution < 1.29 is 27.4 Å². The Morgan fingerprint density at radius 3 is 2.62 bits per heavy atom. The van der Waals surface area contributed by atoms with Crippen molar-refractivity contribution in [2.75, 3.05) is 33.9 Å². The average Bonchev–Trinajstić information content (AvgIpc) is 3.25. The molecule has 1 N–H and O–H groups in total. The number of rotatable bonds is 8. The summed E-state index contributed by atoms with van der Waals surface area (Å²) in [5, 5.41) is 0. The quantitative estimate of drug-likeness (QED) is 0.461. The Morgan fingerprint density at radius 1 is 1.03 bits per heavy atom. The molecule has 2 bridgehead atoms. The van der Waals surface area contributed by atoms with E-state index in [1.54, 1.807) is 43.4 Å². The summed E-state index contributed by atoms with van der Waals surface area (Å²) < 4.78 is 46.1. The number of thiazole rings is 1. The first-order chi connectivity index (χ1) is 17.8. The van der Waals surface area contributed by atoms with Crippen LogP contribution in [0.3, 0.4) is 0 Å². The number of H-pyrrole nitrogens is 1. The molecule has 2 saturated heterocycles. The number of hydrogen-bond acceptors (Lipinski definition) is 8. The van der Waals surface area contributed by atoms with Crippen molar-refractivity contribution in [3.8, 4) is 17.2 Å². The lowest BCUT2D eigenvalue weighted by Gasteiger charge is -2.38. The number of piperidine rings is 1. The molecule has 12 heteroatoms. The van der Waals surface area contributed by atoms with Crippen molar-refractivity contribution in [2.45, 2.75) is 42.7 Å². The summed E-state index contributed by atoms with van der Waals surface area (Å²) in [4.78, 5) is 29.5. The molecule has 37 heavy (non-hydrogen) atoms. The number of ether oxygens (including phenoxy) is 3. The fraction of sp³-hybridized carbons (Fsp3) is 0.440. The van der Waals surface area contributed by atoms with Crippen LogP contribution in [-0.2, 0) is 14.8 Å². The number of nitrogens with one attached hydrogen (secondary N) is 1. The summed E-state index contributed by atoms with van der Waals surface area (Å²) in [6.45, 7) is 1.05. The predicted octanol–water partition coefficient (Wildman–Crippen LogP) is 2.83. The van der Waals surface area contributed by atoms with Crippen LogP contribution < -0.4 is 19.1 Å². The Kier molecular flexibility index (Phi) is 7.15. The van der Waals surface area contributed by atoms with Crippen LogP contribution in [0.15, 0.2) is 46.1 Å². The van der Waals surface area contributed by atoms with Crippen LogP contribution in [0.1, 0.15) is 25.7 Å². The van der Waals surface area contributed by atoms with Crippen molar-refractivity contribution in [3.05, 3.63) is 46.1 Å². The lowest BCUT2D eigenvalue weighted by molar-refractivity contribution is -0.135. The number of aromatic nitrogens is 1. The summed E-state index contributed by atoms with van der Waals surface area (Å²) in [5.41, 5.74) is 0.483. The molecule has 2 atom stereocenters. The normalized spacial score (nSPS) is 20.6. The van der Waals surface area contributed by atoms with Crippen LogP contribution in [-0.4, -0.2) is 74.5 Å². The Bertz CT molecular complexity index is 1470. The van der Waals surface area contributed by atoms with Crippen molar-refractivity contribution in [1.29, 1.82) is 0 Å². The van der Waals surface area contributed by atoms with Gasteiger partial charge < -0.3 is 24.1 Å². The highest BCUT2D eigenvalue weighted by Gasteiger charge is 2.46. The lowest BCUT2D eigenvalue weighted by atomic mass is 9.97. The fourth-order valence-electron chi connectivity index (χ4n) is 5.16. The number of amides is 1. The molecule has 198 valence electrons. The van der Waals surface area contributed by atoms with Gasteiger partial charge in [0.05, 0.1) is 35.9 Å². The second-order valence-electron chi connectivity index (χ2n) is 9.09. The van der Waals surface area contributed by atoms with E-state index in [0.717, 1.165) is 17.8 Å². The van der Waals surface area contributed by atoms with E-state index in [9.17, 15) is 18.0 Å². The molecular formula is C25H29N3O7S2. The Labute approximate surface area is 218 Å². The number of aromatic amines is 1. The zero-order valence-corrected chi connectivity index (χ0v) is 22.3. The molecule has 1 aromatic heterocycles. The van der Waals surface area contributed by atoms with Gasteiger partial charge >= 0.3 is 4.87 Å². The van der Waals surface area contributed by atoms with E-state index in [0.29, 0.717) is 59.8 Å². The Morgan fingerprint density at radius 2 is 1.84 bits per heavy atom. The van der Waals surface area contributed by atoms with Gasteiger partial charge in [0, 0.05) is 18.7 Å². The maximum absolute atomic E-state index is 13.8. The van der Waals surface area contributed by atoms with Gasteiger partial charge in [-0.15, -0.1) is 0 Å². The molecule has 2 fully saturated rings. The van der Waals surface area contributed by atoms with E-state index < -0.39 is 16.1 Å². The number of sulfonamides is 1. The second-order valence-corrected chi connectivity index (χ2v) is 11.9. The molecule has 2 aromatic carbocycles. The van der Waals surface area contributed by atoms with Gasteiger partial charge in [-0.05, 0) is 56.0 Å². The number of methoxy groups -OCH3 is 2. The van der Waals surface area contributed by atoms with Crippen LogP contribution in [0.4, 0.5) is 0 Å². The molecule has 1 amide bonds. The summed E-state index contributed by atoms with van der Waals surface area (Å²) in [6, 6.07) is 8.86. The first kappa shape index (κ1) is 25.6. The predicted molar refractivity (Wildman–Crippen MR) is 139 cm³/mol. The van der Waals surface area contributed by atoms with E-state index in [-0.39, 0.29) is 28.3 Å². The van der Waals surface area contributed by atoms with Crippen LogP contribution in [0.2, 0.25) is 0 Å². The number of benzene rings is 2. The Balaban J connectivity index is 1.33. The standard InChI is InChI=1S/C25H29N3O7S2/c1-33-21-8-6-17(14-22(21)34-2)35-13-12-27-11-10-16-4-3-5-20(24(27)29)28(16)37(31,32)18-7-9-23-19(15-18)26-25(30)36-23/h6-9,14-16,20H,3-5,10-13H2,1-2H3,(H,26,30). The van der Waals surface area contributed by atoms with Gasteiger partial charge in [0.2, 0.25) is 15.9 Å². The van der Waals surface area contributed by atoms with Gasteiger partial charge in [-0.2, -0.15) is 4.31 Å². The smallest absolute Gasteiger partial charge is 0.305 e. The summed E-state index contributed by atoms with van der Waals surface area (Å²) in [7, 11) is -0.841. The minimum absolute atomic E-state index is 0.0870. The van der Waals surface area contributed by atoms with Crippen molar-refractivity contribution >= 4 is 37.5 Å². The van der Waals surface area contributed by atoms with Crippen molar-refractivity contribution in [2.24, 2.45) is 0 Å². The van der Waals surface area contributed by atoms with Gasteiger partial charge in [0.15, 0.2) is 11.5 Å². The molecule has 0 saturated carbocycles. The van der Waals surface area contributed by atoms with Crippen molar-refractivity contribution in [3.63, 3.8) is 0 Å². The third kappa shape index (κ3) is 4.92. The maximum Gasteiger partial charge on any atom is 0.305 e. The molecule has 3 heterocycles. The van der Waals surface area contributed by atoms with Gasteiger partial charge in [0.1, 0.15) is 18.4 Å². The highest BCUT2D eigenvalue weighted by atomic mass is 32.2. The van der Waals surface area contributed by atoms with Crippen LogP contribution >= 0.6 is 11.3 Å². The number of carbonyl (C=O) groups excluding carboxylic acids is 1. The summed E-state index contributed by atoms with van der Waals surface area (Å²) in [6.07, 6.45) is 2.52. The molecule has 5 rings (SSSR count). The molecule has 2 aliphatic heterocycles. The SMILES string of the molecule is COc1ccc(OCCN2CCC3CCCC(C2=O)N3S(=O)(=O)c2ccc3sc(=O)[nH]c3c2)cc1OC. The minimum Gasteiger partial charge on any atom is -0.493 e. The monoisotopic (exact) mass is 547 g/mol. The average molecular weight is 548 g/mol. The number of fused-ring (bicyclic) bond motifs is 3. The first-order valence-electron chi connectivity index (χ1n) is 12.1. The lowest BCUT2D eigenvalue weighted by Crippen LogP contribution is -2.53. The van der Waals surface area contributed by atoms with Gasteiger partial charge in [-0.1, -0.05) is 11.3 Å². The van der Waals surface area contributed by atoms with Gasteiger partial charge in [0.25, 0.3) is 0 Å². The molecule has 10 nitrogen and oxygen atoms in total. The summed E-state index contributed by atoms with van der Waals surface area (Å²) in [5.74, 6) is 1.53. The van der Waals surface area contributed by atoms with Crippen LogP contribution in [0.25, 0.3) is 10.2 Å². The van der Waals surface area contributed by atoms with Gasteiger partial charge in [-0.25, -0.2) is 8.42 Å². The molecular weight excluding hydrogens is 518 g/mol. The molecule has 2 aliphatic rings. The highest BCUT2D eigenvalue weighted by Crippen LogP contribution is 2.35. The molecule has 0 aliphatic carbocycles. The molecule has 0 radical (unpaired) electrons. The first-order valence-corrected chi connectivity index (χ1v) is 14.4.